The Morgan fingerprint density at radius 2 is 1.33 bits per heavy atom. The van der Waals surface area contributed by atoms with Gasteiger partial charge in [0.1, 0.15) is 0 Å². The molecule has 0 amide bonds. The topological polar surface area (TPSA) is 66.3 Å². The SMILES string of the molecule is P.[Cd+2].[O-]B([O-])O. The van der Waals surface area contributed by atoms with Gasteiger partial charge in [0.2, 0.25) is 0 Å². The Kier molecular flexibility index (Phi) is 25.0. The van der Waals surface area contributed by atoms with E-state index in [1.54, 1.807) is 0 Å². The Morgan fingerprint density at radius 1 is 1.33 bits per heavy atom. The van der Waals surface area contributed by atoms with Crippen LogP contribution >= 0.6 is 9.90 Å². The van der Waals surface area contributed by atoms with Crippen molar-refractivity contribution in [2.75, 3.05) is 0 Å². The molecule has 0 rings (SSSR count). The van der Waals surface area contributed by atoms with Crippen LogP contribution in [-0.4, -0.2) is 12.3 Å². The van der Waals surface area contributed by atoms with E-state index >= 15 is 0 Å². The fraction of sp³-hybridized carbons (Fsp3) is 0. The fourth-order valence-corrected chi connectivity index (χ4v) is 0. The van der Waals surface area contributed by atoms with Gasteiger partial charge >= 0.3 is 27.3 Å². The first-order valence-corrected chi connectivity index (χ1v) is 0.730. The maximum atomic E-state index is 8.53. The smallest absolute Gasteiger partial charge is 0.871 e. The predicted molar refractivity (Wildman–Crippen MR) is 19.1 cm³/mol. The molecule has 6 heavy (non-hydrogen) atoms. The molecule has 0 fully saturated rings. The minimum atomic E-state index is -2.67. The fourth-order valence-electron chi connectivity index (χ4n) is 0. The van der Waals surface area contributed by atoms with E-state index in [0.717, 1.165) is 0 Å². The summed E-state index contributed by atoms with van der Waals surface area (Å²) < 4.78 is 0. The molecule has 0 bridgehead atoms. The molecule has 3 nitrogen and oxygen atoms in total. The van der Waals surface area contributed by atoms with Crippen molar-refractivity contribution in [2.45, 2.75) is 0 Å². The molecular formula is H4BCdO3P. The second-order valence-corrected chi connectivity index (χ2v) is 0.307. The molecule has 0 heterocycles. The first-order chi connectivity index (χ1) is 1.73. The molecule has 0 aliphatic carbocycles. The summed E-state index contributed by atoms with van der Waals surface area (Å²) in [6, 6.07) is 0. The van der Waals surface area contributed by atoms with E-state index in [1.165, 1.54) is 0 Å². The monoisotopic (exact) mass is 208 g/mol. The molecule has 6 heteroatoms. The standard InChI is InChI=1S/BHO3.Cd.H3P/c2-1(3)4;;/h2H;;1H3/q-2;+2;. The Hall–Kier alpha value is 1.30. The van der Waals surface area contributed by atoms with Crippen molar-refractivity contribution in [3.8, 4) is 0 Å². The Bertz CT molecular complexity index is 15.5. The van der Waals surface area contributed by atoms with Crippen molar-refractivity contribution in [1.29, 1.82) is 0 Å². The van der Waals surface area contributed by atoms with Gasteiger partial charge in [-0.3, -0.25) is 0 Å². The summed E-state index contributed by atoms with van der Waals surface area (Å²) in [5.41, 5.74) is 0. The van der Waals surface area contributed by atoms with Crippen LogP contribution in [0.1, 0.15) is 0 Å². The Labute approximate surface area is 59.7 Å². The molecule has 0 spiro atoms. The summed E-state index contributed by atoms with van der Waals surface area (Å²) in [6.07, 6.45) is 0. The maximum Gasteiger partial charge on any atom is 2.00 e. The number of hydrogen-bond acceptors (Lipinski definition) is 3. The van der Waals surface area contributed by atoms with Crippen LogP contribution < -0.4 is 10.0 Å². The van der Waals surface area contributed by atoms with Gasteiger partial charge < -0.3 is 15.1 Å². The molecule has 1 unspecified atom stereocenters. The van der Waals surface area contributed by atoms with Crippen LogP contribution in [0.2, 0.25) is 0 Å². The minimum Gasteiger partial charge on any atom is -0.871 e. The van der Waals surface area contributed by atoms with Crippen LogP contribution in [0, 0.1) is 0 Å². The van der Waals surface area contributed by atoms with E-state index in [-0.39, 0.29) is 37.2 Å². The van der Waals surface area contributed by atoms with E-state index in [9.17, 15) is 0 Å². The van der Waals surface area contributed by atoms with Gasteiger partial charge in [-0.25, -0.2) is 0 Å². The van der Waals surface area contributed by atoms with Crippen LogP contribution in [0.15, 0.2) is 0 Å². The molecule has 0 aromatic heterocycles. The molecule has 1 N–H and O–H groups in total. The third-order valence-corrected chi connectivity index (χ3v) is 0. The van der Waals surface area contributed by atoms with Crippen LogP contribution in [0.5, 0.6) is 0 Å². The van der Waals surface area contributed by atoms with Gasteiger partial charge in [0, 0.05) is 0 Å². The van der Waals surface area contributed by atoms with Gasteiger partial charge in [0.25, 0.3) is 0 Å². The molecule has 0 aliphatic heterocycles. The summed E-state index contributed by atoms with van der Waals surface area (Å²) in [5, 5.41) is 24.0. The number of rotatable bonds is 0. The second kappa shape index (κ2) is 9.57. The largest absolute Gasteiger partial charge is 2.00 e. The third kappa shape index (κ3) is 58.1. The summed E-state index contributed by atoms with van der Waals surface area (Å²) in [5.74, 6) is 0. The van der Waals surface area contributed by atoms with Crippen molar-refractivity contribution in [3.05, 3.63) is 0 Å². The summed E-state index contributed by atoms with van der Waals surface area (Å²) >= 11 is 0. The average molecular weight is 206 g/mol. The third-order valence-electron chi connectivity index (χ3n) is 0. The normalized spacial score (nSPS) is 4.50. The second-order valence-electron chi connectivity index (χ2n) is 0.307. The Morgan fingerprint density at radius 3 is 1.33 bits per heavy atom. The molecule has 0 saturated carbocycles. The number of hydrogen-bond donors (Lipinski definition) is 1. The van der Waals surface area contributed by atoms with Crippen LogP contribution in [0.3, 0.4) is 0 Å². The van der Waals surface area contributed by atoms with Crippen LogP contribution in [0.4, 0.5) is 0 Å². The molecule has 0 saturated heterocycles. The van der Waals surface area contributed by atoms with Gasteiger partial charge in [0.05, 0.1) is 7.32 Å². The van der Waals surface area contributed by atoms with Crippen molar-refractivity contribution in [1.82, 2.24) is 0 Å². The van der Waals surface area contributed by atoms with Gasteiger partial charge in [-0.05, 0) is 0 Å². The quantitative estimate of drug-likeness (QED) is 0.334. The minimum absolute atomic E-state index is 0. The van der Waals surface area contributed by atoms with Gasteiger partial charge in [-0.2, -0.15) is 9.90 Å². The zero-order valence-corrected chi connectivity index (χ0v) is 8.71. The van der Waals surface area contributed by atoms with Crippen LogP contribution in [-0.2, 0) is 27.3 Å². The first kappa shape index (κ1) is 15.7. The molecular weight excluding hydrogens is 202 g/mol. The van der Waals surface area contributed by atoms with Crippen molar-refractivity contribution < 1.29 is 42.4 Å². The Balaban J connectivity index is -0.0000000450. The predicted octanol–water partition coefficient (Wildman–Crippen LogP) is -3.26. The molecule has 0 aromatic rings. The van der Waals surface area contributed by atoms with Gasteiger partial charge in [-0.15, -0.1) is 0 Å². The van der Waals surface area contributed by atoms with Crippen molar-refractivity contribution in [2.24, 2.45) is 0 Å². The van der Waals surface area contributed by atoms with Crippen molar-refractivity contribution >= 4 is 17.2 Å². The van der Waals surface area contributed by atoms with Gasteiger partial charge in [-0.1, -0.05) is 0 Å². The average Bonchev–Trinajstić information content (AvgIpc) is 0.811. The maximum absolute atomic E-state index is 8.53. The molecule has 32 valence electrons. The zero-order chi connectivity index (χ0) is 3.58. The molecule has 0 aromatic carbocycles. The van der Waals surface area contributed by atoms with Crippen LogP contribution in [0.25, 0.3) is 0 Å². The summed E-state index contributed by atoms with van der Waals surface area (Å²) in [4.78, 5) is 0. The molecule has 0 aliphatic rings. The zero-order valence-electron chi connectivity index (χ0n) is 3.26. The molecule has 0 radical (unpaired) electrons. The van der Waals surface area contributed by atoms with E-state index in [2.05, 4.69) is 0 Å². The van der Waals surface area contributed by atoms with E-state index in [4.69, 9.17) is 15.1 Å². The molecule has 1 atom stereocenters. The summed E-state index contributed by atoms with van der Waals surface area (Å²) in [7, 11) is -2.67. The summed E-state index contributed by atoms with van der Waals surface area (Å²) in [6.45, 7) is 0. The van der Waals surface area contributed by atoms with Gasteiger partial charge in [0.15, 0.2) is 0 Å². The van der Waals surface area contributed by atoms with Crippen molar-refractivity contribution in [3.63, 3.8) is 0 Å². The van der Waals surface area contributed by atoms with E-state index in [0.29, 0.717) is 0 Å². The first-order valence-electron chi connectivity index (χ1n) is 0.730. The van der Waals surface area contributed by atoms with E-state index in [1.807, 2.05) is 0 Å². The van der Waals surface area contributed by atoms with E-state index < -0.39 is 7.32 Å².